The molecule has 3 heteroatoms. The van der Waals surface area contributed by atoms with Crippen LogP contribution in [0.1, 0.15) is 39.5 Å². The fourth-order valence-electron chi connectivity index (χ4n) is 2.96. The van der Waals surface area contributed by atoms with Crippen LogP contribution in [0.15, 0.2) is 30.3 Å². The molecule has 1 aliphatic carbocycles. The fraction of sp³-hybridized carbons (Fsp3) is 0.533. The minimum atomic E-state index is -0.855. The number of nitrogens with one attached hydrogen (secondary N) is 1. The van der Waals surface area contributed by atoms with Gasteiger partial charge in [0.1, 0.15) is 5.54 Å². The van der Waals surface area contributed by atoms with Gasteiger partial charge in [0.05, 0.1) is 0 Å². The van der Waals surface area contributed by atoms with E-state index in [4.69, 9.17) is 0 Å². The maximum atomic E-state index is 11.8. The SMILES string of the molecule is CC1(C)CCCCC1(Nc1ccccc1)C(=O)O. The number of benzene rings is 1. The van der Waals surface area contributed by atoms with Crippen molar-refractivity contribution in [2.24, 2.45) is 5.41 Å². The summed E-state index contributed by atoms with van der Waals surface area (Å²) >= 11 is 0. The fourth-order valence-corrected chi connectivity index (χ4v) is 2.96. The quantitative estimate of drug-likeness (QED) is 0.859. The predicted octanol–water partition coefficient (Wildman–Crippen LogP) is 3.52. The zero-order valence-electron chi connectivity index (χ0n) is 11.1. The molecule has 2 N–H and O–H groups in total. The van der Waals surface area contributed by atoms with E-state index in [1.54, 1.807) is 0 Å². The molecule has 0 heterocycles. The van der Waals surface area contributed by atoms with Crippen molar-refractivity contribution in [2.45, 2.75) is 45.1 Å². The molecule has 1 atom stereocenters. The highest BCUT2D eigenvalue weighted by Gasteiger charge is 2.52. The lowest BCUT2D eigenvalue weighted by Gasteiger charge is -2.48. The summed E-state index contributed by atoms with van der Waals surface area (Å²) in [6.07, 6.45) is 3.71. The second-order valence-electron chi connectivity index (χ2n) is 5.79. The van der Waals surface area contributed by atoms with Gasteiger partial charge in [0.2, 0.25) is 0 Å². The van der Waals surface area contributed by atoms with Crippen LogP contribution in [0.2, 0.25) is 0 Å². The van der Waals surface area contributed by atoms with E-state index in [1.165, 1.54) is 0 Å². The van der Waals surface area contributed by atoms with E-state index in [0.29, 0.717) is 6.42 Å². The van der Waals surface area contributed by atoms with E-state index < -0.39 is 11.5 Å². The van der Waals surface area contributed by atoms with Gasteiger partial charge in [-0.3, -0.25) is 0 Å². The third-order valence-electron chi connectivity index (χ3n) is 4.26. The third kappa shape index (κ3) is 2.09. The molecule has 1 fully saturated rings. The predicted molar refractivity (Wildman–Crippen MR) is 72.7 cm³/mol. The van der Waals surface area contributed by atoms with Gasteiger partial charge in [0, 0.05) is 5.69 Å². The molecule has 1 saturated carbocycles. The first-order chi connectivity index (χ1) is 8.48. The first kappa shape index (κ1) is 12.9. The number of aliphatic carboxylic acids is 1. The molecule has 0 aromatic heterocycles. The summed E-state index contributed by atoms with van der Waals surface area (Å²) in [6.45, 7) is 4.10. The molecular formula is C15H21NO2. The molecule has 0 saturated heterocycles. The molecular weight excluding hydrogens is 226 g/mol. The Morgan fingerprint density at radius 1 is 1.17 bits per heavy atom. The Kier molecular flexibility index (Phi) is 3.33. The molecule has 18 heavy (non-hydrogen) atoms. The Morgan fingerprint density at radius 2 is 1.78 bits per heavy atom. The highest BCUT2D eigenvalue weighted by Crippen LogP contribution is 2.45. The van der Waals surface area contributed by atoms with Gasteiger partial charge in [-0.15, -0.1) is 0 Å². The van der Waals surface area contributed by atoms with Gasteiger partial charge in [0.15, 0.2) is 0 Å². The van der Waals surface area contributed by atoms with E-state index >= 15 is 0 Å². The van der Waals surface area contributed by atoms with Crippen molar-refractivity contribution >= 4 is 11.7 Å². The molecule has 0 aliphatic heterocycles. The monoisotopic (exact) mass is 247 g/mol. The van der Waals surface area contributed by atoms with Gasteiger partial charge in [0.25, 0.3) is 0 Å². The van der Waals surface area contributed by atoms with E-state index in [2.05, 4.69) is 19.2 Å². The van der Waals surface area contributed by atoms with E-state index in [0.717, 1.165) is 24.9 Å². The van der Waals surface area contributed by atoms with Gasteiger partial charge < -0.3 is 10.4 Å². The Labute approximate surface area is 108 Å². The second-order valence-corrected chi connectivity index (χ2v) is 5.79. The number of carboxylic acid groups (broad SMARTS) is 1. The van der Waals surface area contributed by atoms with Crippen LogP contribution >= 0.6 is 0 Å². The maximum absolute atomic E-state index is 11.8. The largest absolute Gasteiger partial charge is 0.479 e. The Balaban J connectivity index is 2.35. The lowest BCUT2D eigenvalue weighted by atomic mass is 9.63. The van der Waals surface area contributed by atoms with Crippen molar-refractivity contribution in [3.8, 4) is 0 Å². The molecule has 1 aromatic carbocycles. The minimum Gasteiger partial charge on any atom is -0.479 e. The van der Waals surface area contributed by atoms with Crippen molar-refractivity contribution < 1.29 is 9.90 Å². The van der Waals surface area contributed by atoms with Crippen molar-refractivity contribution in [3.63, 3.8) is 0 Å². The highest BCUT2D eigenvalue weighted by atomic mass is 16.4. The zero-order chi connectivity index (χ0) is 13.2. The summed E-state index contributed by atoms with van der Waals surface area (Å²) in [6, 6.07) is 9.64. The van der Waals surface area contributed by atoms with Gasteiger partial charge in [-0.25, -0.2) is 4.79 Å². The summed E-state index contributed by atoms with van der Waals surface area (Å²) in [5.74, 6) is -0.740. The van der Waals surface area contributed by atoms with Crippen LogP contribution in [0.3, 0.4) is 0 Å². The number of rotatable bonds is 3. The lowest BCUT2D eigenvalue weighted by molar-refractivity contribution is -0.148. The summed E-state index contributed by atoms with van der Waals surface area (Å²) in [4.78, 5) is 11.8. The second kappa shape index (κ2) is 4.63. The summed E-state index contributed by atoms with van der Waals surface area (Å²) in [5.41, 5.74) is -0.214. The smallest absolute Gasteiger partial charge is 0.329 e. The molecule has 3 nitrogen and oxygen atoms in total. The van der Waals surface area contributed by atoms with Gasteiger partial charge in [-0.1, -0.05) is 44.9 Å². The zero-order valence-corrected chi connectivity index (χ0v) is 11.1. The van der Waals surface area contributed by atoms with Crippen LogP contribution in [-0.2, 0) is 4.79 Å². The first-order valence-electron chi connectivity index (χ1n) is 6.55. The Morgan fingerprint density at radius 3 is 2.33 bits per heavy atom. The van der Waals surface area contributed by atoms with Crippen molar-refractivity contribution in [2.75, 3.05) is 5.32 Å². The maximum Gasteiger partial charge on any atom is 0.329 e. The lowest BCUT2D eigenvalue weighted by Crippen LogP contribution is -2.58. The van der Waals surface area contributed by atoms with Crippen LogP contribution in [0.4, 0.5) is 5.69 Å². The number of anilines is 1. The normalized spacial score (nSPS) is 26.6. The van der Waals surface area contributed by atoms with Crippen LogP contribution in [0, 0.1) is 5.41 Å². The molecule has 0 bridgehead atoms. The van der Waals surface area contributed by atoms with E-state index in [9.17, 15) is 9.90 Å². The van der Waals surface area contributed by atoms with E-state index in [1.807, 2.05) is 30.3 Å². The third-order valence-corrected chi connectivity index (χ3v) is 4.26. The molecule has 1 aromatic rings. The Bertz CT molecular complexity index is 427. The topological polar surface area (TPSA) is 49.3 Å². The number of carbonyl (C=O) groups is 1. The van der Waals surface area contributed by atoms with Crippen molar-refractivity contribution in [3.05, 3.63) is 30.3 Å². The molecule has 1 aliphatic rings. The van der Waals surface area contributed by atoms with Gasteiger partial charge >= 0.3 is 5.97 Å². The number of carboxylic acids is 1. The van der Waals surface area contributed by atoms with Crippen LogP contribution < -0.4 is 5.32 Å². The molecule has 0 amide bonds. The van der Waals surface area contributed by atoms with Crippen LogP contribution in [0.5, 0.6) is 0 Å². The molecule has 2 rings (SSSR count). The average Bonchev–Trinajstić information content (AvgIpc) is 2.33. The van der Waals surface area contributed by atoms with Crippen LogP contribution in [0.25, 0.3) is 0 Å². The Hall–Kier alpha value is -1.51. The van der Waals surface area contributed by atoms with Crippen LogP contribution in [-0.4, -0.2) is 16.6 Å². The van der Waals surface area contributed by atoms with E-state index in [-0.39, 0.29) is 5.41 Å². The minimum absolute atomic E-state index is 0.243. The van der Waals surface area contributed by atoms with Crippen molar-refractivity contribution in [1.29, 1.82) is 0 Å². The summed E-state index contributed by atoms with van der Waals surface area (Å²) in [7, 11) is 0. The standard InChI is InChI=1S/C15H21NO2/c1-14(2)10-6-7-11-15(14,13(17)18)16-12-8-4-3-5-9-12/h3-5,8-9,16H,6-7,10-11H2,1-2H3,(H,17,18). The highest BCUT2D eigenvalue weighted by molar-refractivity contribution is 5.84. The first-order valence-corrected chi connectivity index (χ1v) is 6.55. The number of hydrogen-bond donors (Lipinski definition) is 2. The number of hydrogen-bond acceptors (Lipinski definition) is 2. The molecule has 98 valence electrons. The summed E-state index contributed by atoms with van der Waals surface area (Å²) < 4.78 is 0. The molecule has 0 spiro atoms. The molecule has 1 unspecified atom stereocenters. The molecule has 0 radical (unpaired) electrons. The van der Waals surface area contributed by atoms with Gasteiger partial charge in [-0.05, 0) is 30.4 Å². The number of para-hydroxylation sites is 1. The van der Waals surface area contributed by atoms with Crippen molar-refractivity contribution in [1.82, 2.24) is 0 Å². The summed E-state index contributed by atoms with van der Waals surface area (Å²) in [5, 5.41) is 13.0. The average molecular weight is 247 g/mol. The van der Waals surface area contributed by atoms with Gasteiger partial charge in [-0.2, -0.15) is 0 Å².